The van der Waals surface area contributed by atoms with Crippen LogP contribution in [-0.4, -0.2) is 27.9 Å². The average Bonchev–Trinajstić information content (AvgIpc) is 2.42. The highest BCUT2D eigenvalue weighted by Crippen LogP contribution is 2.21. The van der Waals surface area contributed by atoms with Crippen molar-refractivity contribution in [1.82, 2.24) is 4.98 Å². The summed E-state index contributed by atoms with van der Waals surface area (Å²) in [5.74, 6) is 0.204. The van der Waals surface area contributed by atoms with E-state index in [1.165, 1.54) is 13.0 Å². The van der Waals surface area contributed by atoms with E-state index in [-0.39, 0.29) is 18.1 Å². The first-order valence-corrected chi connectivity index (χ1v) is 5.70. The molecule has 5 nitrogen and oxygen atoms in total. The highest BCUT2D eigenvalue weighted by Gasteiger charge is 2.20. The van der Waals surface area contributed by atoms with Gasteiger partial charge < -0.3 is 10.4 Å². The van der Waals surface area contributed by atoms with Gasteiger partial charge in [0.1, 0.15) is 5.82 Å². The van der Waals surface area contributed by atoms with E-state index < -0.39 is 6.10 Å². The summed E-state index contributed by atoms with van der Waals surface area (Å²) >= 11 is 0. The minimum Gasteiger partial charge on any atom is -0.392 e. The number of allylic oxidation sites excluding steroid dienone is 1. The number of aromatic nitrogens is 1. The molecule has 2 rings (SSSR count). The number of ketones is 1. The zero-order valence-corrected chi connectivity index (χ0v) is 10.0. The SMILES string of the molecule is CC(=O)/C=C/c1cnc2c(c1)C[C@H](O)CC(=O)N2. The number of nitrogens with one attached hydrogen (secondary N) is 1. The number of hydrogen-bond donors (Lipinski definition) is 2. The lowest BCUT2D eigenvalue weighted by Gasteiger charge is -2.06. The first kappa shape index (κ1) is 12.4. The van der Waals surface area contributed by atoms with Gasteiger partial charge in [0.25, 0.3) is 0 Å². The van der Waals surface area contributed by atoms with E-state index in [0.29, 0.717) is 12.2 Å². The number of carbonyl (C=O) groups excluding carboxylic acids is 2. The molecule has 0 radical (unpaired) electrons. The Morgan fingerprint density at radius 2 is 2.33 bits per heavy atom. The van der Waals surface area contributed by atoms with E-state index in [1.807, 2.05) is 6.07 Å². The number of rotatable bonds is 2. The van der Waals surface area contributed by atoms with E-state index in [2.05, 4.69) is 10.3 Å². The molecule has 94 valence electrons. The van der Waals surface area contributed by atoms with Crippen molar-refractivity contribution in [2.24, 2.45) is 0 Å². The molecule has 1 aliphatic rings. The van der Waals surface area contributed by atoms with Gasteiger partial charge in [-0.25, -0.2) is 4.98 Å². The van der Waals surface area contributed by atoms with Crippen LogP contribution in [0.25, 0.3) is 6.08 Å². The van der Waals surface area contributed by atoms with Gasteiger partial charge in [0.2, 0.25) is 5.91 Å². The molecule has 0 fully saturated rings. The van der Waals surface area contributed by atoms with Crippen molar-refractivity contribution in [2.75, 3.05) is 5.32 Å². The van der Waals surface area contributed by atoms with Crippen molar-refractivity contribution in [3.63, 3.8) is 0 Å². The second-order valence-electron chi connectivity index (χ2n) is 4.33. The summed E-state index contributed by atoms with van der Waals surface area (Å²) in [6.45, 7) is 1.47. The van der Waals surface area contributed by atoms with Crippen molar-refractivity contribution in [3.8, 4) is 0 Å². The summed E-state index contributed by atoms with van der Waals surface area (Å²) < 4.78 is 0. The third-order valence-corrected chi connectivity index (χ3v) is 2.63. The summed E-state index contributed by atoms with van der Waals surface area (Å²) in [7, 11) is 0. The molecule has 1 atom stereocenters. The Hall–Kier alpha value is -2.01. The first-order valence-electron chi connectivity index (χ1n) is 5.70. The molecule has 1 aromatic heterocycles. The second kappa shape index (κ2) is 5.10. The predicted octanol–water partition coefficient (Wildman–Crippen LogP) is 0.929. The van der Waals surface area contributed by atoms with Crippen molar-refractivity contribution in [1.29, 1.82) is 0 Å². The summed E-state index contributed by atoms with van der Waals surface area (Å²) in [5.41, 5.74) is 1.55. The van der Waals surface area contributed by atoms with Crippen LogP contribution < -0.4 is 5.32 Å². The van der Waals surface area contributed by atoms with Crippen LogP contribution in [0.1, 0.15) is 24.5 Å². The molecule has 5 heteroatoms. The normalized spacial score (nSPS) is 19.2. The molecule has 0 aromatic carbocycles. The van der Waals surface area contributed by atoms with Crippen LogP contribution in [0.4, 0.5) is 5.82 Å². The zero-order valence-electron chi connectivity index (χ0n) is 10.0. The van der Waals surface area contributed by atoms with Crippen LogP contribution in [0.2, 0.25) is 0 Å². The highest BCUT2D eigenvalue weighted by molar-refractivity contribution is 5.93. The van der Waals surface area contributed by atoms with Gasteiger partial charge in [0.05, 0.1) is 12.5 Å². The maximum atomic E-state index is 11.4. The Morgan fingerprint density at radius 1 is 1.56 bits per heavy atom. The molecule has 0 saturated heterocycles. The van der Waals surface area contributed by atoms with Crippen LogP contribution >= 0.6 is 0 Å². The number of carbonyl (C=O) groups is 2. The third kappa shape index (κ3) is 3.01. The highest BCUT2D eigenvalue weighted by atomic mass is 16.3. The molecule has 0 aliphatic carbocycles. The number of pyridine rings is 1. The Morgan fingerprint density at radius 3 is 3.06 bits per heavy atom. The summed E-state index contributed by atoms with van der Waals surface area (Å²) in [6, 6.07) is 1.82. The molecule has 18 heavy (non-hydrogen) atoms. The second-order valence-corrected chi connectivity index (χ2v) is 4.33. The number of fused-ring (bicyclic) bond motifs is 1. The van der Waals surface area contributed by atoms with Crippen molar-refractivity contribution in [3.05, 3.63) is 29.5 Å². The maximum absolute atomic E-state index is 11.4. The molecule has 1 aliphatic heterocycles. The molecule has 0 saturated carbocycles. The lowest BCUT2D eigenvalue weighted by molar-refractivity contribution is -0.117. The zero-order chi connectivity index (χ0) is 13.1. The topological polar surface area (TPSA) is 79.3 Å². The number of anilines is 1. The summed E-state index contributed by atoms with van der Waals surface area (Å²) in [6.07, 6.45) is 4.46. The van der Waals surface area contributed by atoms with Crippen LogP contribution in [0.3, 0.4) is 0 Å². The number of aliphatic hydroxyl groups excluding tert-OH is 1. The molecule has 1 amide bonds. The summed E-state index contributed by atoms with van der Waals surface area (Å²) in [5, 5.41) is 12.3. The quantitative estimate of drug-likeness (QED) is 0.761. The van der Waals surface area contributed by atoms with Crippen molar-refractivity contribution >= 4 is 23.6 Å². The predicted molar refractivity (Wildman–Crippen MR) is 66.9 cm³/mol. The molecule has 2 heterocycles. The molecule has 0 spiro atoms. The molecule has 1 aromatic rings. The smallest absolute Gasteiger partial charge is 0.228 e. The van der Waals surface area contributed by atoms with Gasteiger partial charge in [-0.2, -0.15) is 0 Å². The lowest BCUT2D eigenvalue weighted by Crippen LogP contribution is -2.16. The largest absolute Gasteiger partial charge is 0.392 e. The third-order valence-electron chi connectivity index (χ3n) is 2.63. The minimum absolute atomic E-state index is 0.0433. The summed E-state index contributed by atoms with van der Waals surface area (Å²) in [4.78, 5) is 26.4. The van der Waals surface area contributed by atoms with Gasteiger partial charge in [-0.15, -0.1) is 0 Å². The van der Waals surface area contributed by atoms with E-state index in [4.69, 9.17) is 0 Å². The van der Waals surface area contributed by atoms with E-state index in [1.54, 1.807) is 12.3 Å². The molecular weight excluding hydrogens is 232 g/mol. The Bertz CT molecular complexity index is 523. The Labute approximate surface area is 105 Å². The van der Waals surface area contributed by atoms with Crippen LogP contribution in [0.15, 0.2) is 18.3 Å². The van der Waals surface area contributed by atoms with Crippen molar-refractivity contribution < 1.29 is 14.7 Å². The minimum atomic E-state index is -0.694. The molecule has 0 unspecified atom stereocenters. The number of amides is 1. The van der Waals surface area contributed by atoms with Gasteiger partial charge in [0.15, 0.2) is 5.78 Å². The number of hydrogen-bond acceptors (Lipinski definition) is 4. The maximum Gasteiger partial charge on any atom is 0.228 e. The first-order chi connectivity index (χ1) is 8.54. The Balaban J connectivity index is 2.31. The van der Waals surface area contributed by atoms with E-state index in [9.17, 15) is 14.7 Å². The van der Waals surface area contributed by atoms with Gasteiger partial charge >= 0.3 is 0 Å². The van der Waals surface area contributed by atoms with Gasteiger partial charge in [0, 0.05) is 12.6 Å². The molecule has 2 N–H and O–H groups in total. The van der Waals surface area contributed by atoms with Crippen molar-refractivity contribution in [2.45, 2.75) is 25.9 Å². The van der Waals surface area contributed by atoms with Crippen LogP contribution in [-0.2, 0) is 16.0 Å². The molecular formula is C13H14N2O3. The van der Waals surface area contributed by atoms with Crippen LogP contribution in [0, 0.1) is 0 Å². The van der Waals surface area contributed by atoms with Gasteiger partial charge in [-0.1, -0.05) is 0 Å². The average molecular weight is 246 g/mol. The fraction of sp³-hybridized carbons (Fsp3) is 0.308. The number of nitrogens with zero attached hydrogens (tertiary/aromatic N) is 1. The Kier molecular flexibility index (Phi) is 3.53. The molecule has 0 bridgehead atoms. The standard InChI is InChI=1S/C13H14N2O3/c1-8(16)2-3-9-4-10-5-11(17)6-12(18)15-13(10)14-7-9/h2-4,7,11,17H,5-6H2,1H3,(H,14,15,18)/b3-2+/t11-/m0/s1. The van der Waals surface area contributed by atoms with Gasteiger partial charge in [-0.05, 0) is 36.3 Å². The van der Waals surface area contributed by atoms with E-state index in [0.717, 1.165) is 11.1 Å². The fourth-order valence-electron chi connectivity index (χ4n) is 1.82. The monoisotopic (exact) mass is 246 g/mol. The fourth-order valence-corrected chi connectivity index (χ4v) is 1.82. The van der Waals surface area contributed by atoms with Crippen LogP contribution in [0.5, 0.6) is 0 Å². The number of aliphatic hydroxyl groups is 1. The van der Waals surface area contributed by atoms with E-state index >= 15 is 0 Å². The lowest BCUT2D eigenvalue weighted by atomic mass is 10.1. The van der Waals surface area contributed by atoms with Gasteiger partial charge in [-0.3, -0.25) is 9.59 Å².